The third kappa shape index (κ3) is 6.26. The molecule has 0 spiro atoms. The van der Waals surface area contributed by atoms with Crippen LogP contribution in [0.5, 0.6) is 0 Å². The van der Waals surface area contributed by atoms with Gasteiger partial charge in [-0.15, -0.1) is 0 Å². The Morgan fingerprint density at radius 3 is 2.19 bits per heavy atom. The molecular formula is C22H34FN3O4S. The summed E-state index contributed by atoms with van der Waals surface area (Å²) in [5, 5.41) is 2.99. The van der Waals surface area contributed by atoms with Crippen molar-refractivity contribution in [3.05, 3.63) is 30.1 Å². The Labute approximate surface area is 185 Å². The number of hydrogen-bond donors (Lipinski definition) is 1. The van der Waals surface area contributed by atoms with Crippen LogP contribution in [0, 0.1) is 5.82 Å². The fourth-order valence-corrected chi connectivity index (χ4v) is 5.27. The second kappa shape index (κ2) is 11.0. The first-order valence-electron chi connectivity index (χ1n) is 11.0. The van der Waals surface area contributed by atoms with Crippen molar-refractivity contribution in [2.75, 3.05) is 26.7 Å². The summed E-state index contributed by atoms with van der Waals surface area (Å²) in [6, 6.07) is 4.65. The number of carbonyl (C=O) groups is 2. The highest BCUT2D eigenvalue weighted by atomic mass is 32.2. The van der Waals surface area contributed by atoms with E-state index in [1.165, 1.54) is 19.2 Å². The van der Waals surface area contributed by atoms with E-state index in [9.17, 15) is 22.4 Å². The Bertz CT molecular complexity index is 848. The summed E-state index contributed by atoms with van der Waals surface area (Å²) in [4.78, 5) is 27.5. The van der Waals surface area contributed by atoms with Gasteiger partial charge in [-0.05, 0) is 57.4 Å². The second-order valence-electron chi connectivity index (χ2n) is 8.05. The smallest absolute Gasteiger partial charge is 0.248 e. The monoisotopic (exact) mass is 455 g/mol. The van der Waals surface area contributed by atoms with Crippen LogP contribution in [-0.2, 0) is 19.6 Å². The quantitative estimate of drug-likeness (QED) is 0.588. The first-order valence-corrected chi connectivity index (χ1v) is 12.4. The Morgan fingerprint density at radius 2 is 1.65 bits per heavy atom. The number of nitrogens with zero attached hydrogens (tertiary/aromatic N) is 2. The van der Waals surface area contributed by atoms with Gasteiger partial charge in [0.2, 0.25) is 21.8 Å². The Balaban J connectivity index is 1.96. The SMILES string of the molecule is CCN(CC)C(=O)C1(NC(=O)CCCN(C)S(=O)(=O)c2ccc(F)cc2)CCCCC1. The molecule has 1 aliphatic carbocycles. The van der Waals surface area contributed by atoms with E-state index in [1.54, 1.807) is 4.90 Å². The number of nitrogens with one attached hydrogen (secondary N) is 1. The molecule has 1 saturated carbocycles. The molecule has 1 N–H and O–H groups in total. The molecule has 0 heterocycles. The lowest BCUT2D eigenvalue weighted by atomic mass is 9.80. The van der Waals surface area contributed by atoms with Crippen LogP contribution < -0.4 is 5.32 Å². The van der Waals surface area contributed by atoms with E-state index in [4.69, 9.17) is 0 Å². The third-order valence-corrected chi connectivity index (χ3v) is 7.82. The minimum atomic E-state index is -3.75. The molecule has 0 aromatic heterocycles. The summed E-state index contributed by atoms with van der Waals surface area (Å²) in [7, 11) is -2.32. The topological polar surface area (TPSA) is 86.8 Å². The first kappa shape index (κ1) is 25.3. The van der Waals surface area contributed by atoms with Crippen molar-refractivity contribution in [3.63, 3.8) is 0 Å². The van der Waals surface area contributed by atoms with Gasteiger partial charge >= 0.3 is 0 Å². The predicted molar refractivity (Wildman–Crippen MR) is 117 cm³/mol. The van der Waals surface area contributed by atoms with Gasteiger partial charge in [0, 0.05) is 33.1 Å². The lowest BCUT2D eigenvalue weighted by Crippen LogP contribution is -2.60. The summed E-state index contributed by atoms with van der Waals surface area (Å²) in [6.45, 7) is 5.19. The van der Waals surface area contributed by atoms with Gasteiger partial charge in [-0.2, -0.15) is 0 Å². The Hall–Kier alpha value is -2.00. The maximum absolute atomic E-state index is 13.1. The molecule has 0 atom stereocenters. The molecule has 1 fully saturated rings. The highest BCUT2D eigenvalue weighted by Crippen LogP contribution is 2.30. The highest BCUT2D eigenvalue weighted by Gasteiger charge is 2.42. The molecule has 1 aliphatic rings. The average molecular weight is 456 g/mol. The van der Waals surface area contributed by atoms with Crippen LogP contribution in [0.2, 0.25) is 0 Å². The highest BCUT2D eigenvalue weighted by molar-refractivity contribution is 7.89. The van der Waals surface area contributed by atoms with E-state index in [0.29, 0.717) is 32.4 Å². The summed E-state index contributed by atoms with van der Waals surface area (Å²) in [5.74, 6) is -0.772. The van der Waals surface area contributed by atoms with Crippen LogP contribution in [0.4, 0.5) is 4.39 Å². The van der Waals surface area contributed by atoms with Crippen molar-refractivity contribution in [2.45, 2.75) is 69.2 Å². The minimum Gasteiger partial charge on any atom is -0.342 e. The normalized spacial score (nSPS) is 16.2. The van der Waals surface area contributed by atoms with Crippen molar-refractivity contribution in [2.24, 2.45) is 0 Å². The van der Waals surface area contributed by atoms with E-state index in [-0.39, 0.29) is 29.7 Å². The Kier molecular flexibility index (Phi) is 9.00. The lowest BCUT2D eigenvalue weighted by Gasteiger charge is -2.40. The van der Waals surface area contributed by atoms with Crippen LogP contribution in [0.3, 0.4) is 0 Å². The lowest BCUT2D eigenvalue weighted by molar-refractivity contribution is -0.143. The van der Waals surface area contributed by atoms with Crippen molar-refractivity contribution in [3.8, 4) is 0 Å². The maximum atomic E-state index is 13.1. The Morgan fingerprint density at radius 1 is 1.06 bits per heavy atom. The number of sulfonamides is 1. The van der Waals surface area contributed by atoms with Crippen LogP contribution in [0.1, 0.15) is 58.8 Å². The number of rotatable bonds is 10. The molecule has 174 valence electrons. The summed E-state index contributed by atoms with van der Waals surface area (Å²) in [5.41, 5.74) is -0.854. The summed E-state index contributed by atoms with van der Waals surface area (Å²) in [6.07, 6.45) is 4.54. The van der Waals surface area contributed by atoms with E-state index >= 15 is 0 Å². The number of hydrogen-bond acceptors (Lipinski definition) is 4. The zero-order valence-corrected chi connectivity index (χ0v) is 19.5. The maximum Gasteiger partial charge on any atom is 0.248 e. The molecule has 2 rings (SSSR count). The van der Waals surface area contributed by atoms with Crippen molar-refractivity contribution in [1.82, 2.24) is 14.5 Å². The van der Waals surface area contributed by atoms with Crippen molar-refractivity contribution < 1.29 is 22.4 Å². The van der Waals surface area contributed by atoms with E-state index < -0.39 is 21.4 Å². The summed E-state index contributed by atoms with van der Waals surface area (Å²) < 4.78 is 39.4. The second-order valence-corrected chi connectivity index (χ2v) is 10.1. The largest absolute Gasteiger partial charge is 0.342 e. The van der Waals surface area contributed by atoms with E-state index in [2.05, 4.69) is 5.32 Å². The van der Waals surface area contributed by atoms with Gasteiger partial charge in [-0.3, -0.25) is 9.59 Å². The molecule has 0 unspecified atom stereocenters. The van der Waals surface area contributed by atoms with Crippen LogP contribution in [0.15, 0.2) is 29.2 Å². The molecule has 1 aromatic rings. The zero-order valence-electron chi connectivity index (χ0n) is 18.7. The molecule has 1 aromatic carbocycles. The van der Waals surface area contributed by atoms with Gasteiger partial charge in [0.1, 0.15) is 11.4 Å². The molecule has 0 radical (unpaired) electrons. The molecule has 0 bridgehead atoms. The average Bonchev–Trinajstić information content (AvgIpc) is 2.75. The molecule has 9 heteroatoms. The number of likely N-dealkylation sites (N-methyl/N-ethyl adjacent to an activating group) is 1. The fourth-order valence-electron chi connectivity index (χ4n) is 4.06. The van der Waals surface area contributed by atoms with Gasteiger partial charge in [-0.1, -0.05) is 19.3 Å². The molecule has 7 nitrogen and oxygen atoms in total. The number of halogens is 1. The standard InChI is InChI=1S/C22H34FN3O4S/c1-4-26(5-2)21(28)22(15-7-6-8-16-22)24-20(27)10-9-17-25(3)31(29,30)19-13-11-18(23)12-14-19/h11-14H,4-10,15-17H2,1-3H3,(H,24,27). The minimum absolute atomic E-state index is 0.00632. The fraction of sp³-hybridized carbons (Fsp3) is 0.636. The van der Waals surface area contributed by atoms with Gasteiger partial charge in [-0.25, -0.2) is 17.1 Å². The number of amides is 2. The molecular weight excluding hydrogens is 421 g/mol. The summed E-state index contributed by atoms with van der Waals surface area (Å²) >= 11 is 0. The van der Waals surface area contributed by atoms with Crippen molar-refractivity contribution >= 4 is 21.8 Å². The first-order chi connectivity index (χ1) is 14.7. The number of carbonyl (C=O) groups excluding carboxylic acids is 2. The van der Waals surface area contributed by atoms with Gasteiger partial charge in [0.05, 0.1) is 4.90 Å². The zero-order chi connectivity index (χ0) is 23.1. The molecule has 2 amide bonds. The van der Waals surface area contributed by atoms with E-state index in [0.717, 1.165) is 35.7 Å². The third-order valence-electron chi connectivity index (χ3n) is 5.94. The van der Waals surface area contributed by atoms with Gasteiger partial charge in [0.15, 0.2) is 0 Å². The van der Waals surface area contributed by atoms with Crippen LogP contribution in [0.25, 0.3) is 0 Å². The van der Waals surface area contributed by atoms with Gasteiger partial charge in [0.25, 0.3) is 0 Å². The molecule has 0 aliphatic heterocycles. The van der Waals surface area contributed by atoms with Crippen LogP contribution >= 0.6 is 0 Å². The molecule has 31 heavy (non-hydrogen) atoms. The molecule has 0 saturated heterocycles. The van der Waals surface area contributed by atoms with E-state index in [1.807, 2.05) is 13.8 Å². The van der Waals surface area contributed by atoms with Crippen LogP contribution in [-0.4, -0.2) is 61.7 Å². The number of benzene rings is 1. The van der Waals surface area contributed by atoms with Gasteiger partial charge < -0.3 is 10.2 Å². The van der Waals surface area contributed by atoms with Crippen molar-refractivity contribution in [1.29, 1.82) is 0 Å². The predicted octanol–water partition coefficient (Wildman–Crippen LogP) is 2.91.